The van der Waals surface area contributed by atoms with Crippen molar-refractivity contribution in [3.05, 3.63) is 34.9 Å². The molecule has 6 heteroatoms. The summed E-state index contributed by atoms with van der Waals surface area (Å²) in [7, 11) is 0. The van der Waals surface area contributed by atoms with Crippen molar-refractivity contribution in [2.24, 2.45) is 5.92 Å². The number of carbonyl (C=O) groups is 1. The van der Waals surface area contributed by atoms with Crippen LogP contribution < -0.4 is 5.69 Å². The Morgan fingerprint density at radius 2 is 2.19 bits per heavy atom. The Morgan fingerprint density at radius 3 is 3.00 bits per heavy atom. The lowest BCUT2D eigenvalue weighted by atomic mass is 10.0. The second-order valence-electron chi connectivity index (χ2n) is 5.79. The van der Waals surface area contributed by atoms with Gasteiger partial charge >= 0.3 is 5.69 Å². The van der Waals surface area contributed by atoms with Crippen molar-refractivity contribution in [3.63, 3.8) is 0 Å². The van der Waals surface area contributed by atoms with Gasteiger partial charge in [-0.05, 0) is 37.3 Å². The summed E-state index contributed by atoms with van der Waals surface area (Å²) in [5.74, 6) is 0.648. The predicted molar refractivity (Wildman–Crippen MR) is 79.0 cm³/mol. The Labute approximate surface area is 123 Å². The molecule has 0 radical (unpaired) electrons. The average Bonchev–Trinajstić information content (AvgIpc) is 2.65. The maximum atomic E-state index is 12.4. The lowest BCUT2D eigenvalue weighted by Crippen LogP contribution is -2.37. The van der Waals surface area contributed by atoms with E-state index >= 15 is 0 Å². The first-order valence-corrected chi connectivity index (χ1v) is 7.47. The second kappa shape index (κ2) is 5.71. The Balaban J connectivity index is 1.77. The van der Waals surface area contributed by atoms with Gasteiger partial charge in [-0.1, -0.05) is 13.0 Å². The molecule has 2 aromatic rings. The maximum Gasteiger partial charge on any atom is 0.350 e. The SMILES string of the molecule is C[C@H]1CCCN(C(=O)Cn2nc3ccccn3c2=O)CC1. The summed E-state index contributed by atoms with van der Waals surface area (Å²) >= 11 is 0. The van der Waals surface area contributed by atoms with E-state index in [0.717, 1.165) is 32.4 Å². The van der Waals surface area contributed by atoms with Crippen molar-refractivity contribution < 1.29 is 4.79 Å². The number of likely N-dealkylation sites (tertiary alicyclic amines) is 1. The number of nitrogens with zero attached hydrogens (tertiary/aromatic N) is 4. The summed E-state index contributed by atoms with van der Waals surface area (Å²) in [5, 5.41) is 4.21. The van der Waals surface area contributed by atoms with Crippen LogP contribution in [-0.2, 0) is 11.3 Å². The summed E-state index contributed by atoms with van der Waals surface area (Å²) in [4.78, 5) is 26.4. The maximum absolute atomic E-state index is 12.4. The molecule has 112 valence electrons. The number of hydrogen-bond donors (Lipinski definition) is 0. The number of aromatic nitrogens is 3. The smallest absolute Gasteiger partial charge is 0.341 e. The molecular weight excluding hydrogens is 268 g/mol. The molecule has 0 unspecified atom stereocenters. The highest BCUT2D eigenvalue weighted by atomic mass is 16.2. The van der Waals surface area contributed by atoms with E-state index in [2.05, 4.69) is 12.0 Å². The average molecular weight is 288 g/mol. The molecule has 0 N–H and O–H groups in total. The fourth-order valence-corrected chi connectivity index (χ4v) is 2.81. The third kappa shape index (κ3) is 2.84. The Morgan fingerprint density at radius 1 is 1.33 bits per heavy atom. The summed E-state index contributed by atoms with van der Waals surface area (Å²) in [5.41, 5.74) is 0.307. The van der Waals surface area contributed by atoms with Crippen LogP contribution in [0.3, 0.4) is 0 Å². The molecule has 3 heterocycles. The van der Waals surface area contributed by atoms with Gasteiger partial charge in [-0.25, -0.2) is 9.48 Å². The van der Waals surface area contributed by atoms with E-state index in [1.54, 1.807) is 18.3 Å². The number of rotatable bonds is 2. The zero-order chi connectivity index (χ0) is 14.8. The van der Waals surface area contributed by atoms with Gasteiger partial charge in [0.05, 0.1) is 0 Å². The fraction of sp³-hybridized carbons (Fsp3) is 0.533. The molecule has 0 aliphatic carbocycles. The van der Waals surface area contributed by atoms with Gasteiger partial charge < -0.3 is 4.90 Å². The predicted octanol–water partition coefficient (Wildman–Crippen LogP) is 1.14. The number of amides is 1. The molecule has 0 bridgehead atoms. The quantitative estimate of drug-likeness (QED) is 0.832. The fourth-order valence-electron chi connectivity index (χ4n) is 2.81. The third-order valence-corrected chi connectivity index (χ3v) is 4.14. The van der Waals surface area contributed by atoms with Crippen molar-refractivity contribution in [1.29, 1.82) is 0 Å². The zero-order valence-corrected chi connectivity index (χ0v) is 12.2. The molecule has 6 nitrogen and oxygen atoms in total. The van der Waals surface area contributed by atoms with Crippen molar-refractivity contribution >= 4 is 11.6 Å². The molecule has 1 amide bonds. The standard InChI is InChI=1S/C15H20N4O2/c1-12-5-4-8-17(10-7-12)14(20)11-19-15(21)18-9-3-2-6-13(18)16-19/h2-3,6,9,12H,4-5,7-8,10-11H2,1H3/t12-/m0/s1. The van der Waals surface area contributed by atoms with Crippen LogP contribution in [0.2, 0.25) is 0 Å². The molecular formula is C15H20N4O2. The Bertz CT molecular complexity index is 703. The molecule has 0 spiro atoms. The van der Waals surface area contributed by atoms with Crippen LogP contribution in [0, 0.1) is 5.92 Å². The summed E-state index contributed by atoms with van der Waals surface area (Å²) in [6.45, 7) is 3.81. The van der Waals surface area contributed by atoms with Crippen molar-refractivity contribution in [2.75, 3.05) is 13.1 Å². The molecule has 1 aliphatic rings. The van der Waals surface area contributed by atoms with Crippen LogP contribution in [0.1, 0.15) is 26.2 Å². The van der Waals surface area contributed by atoms with Crippen LogP contribution >= 0.6 is 0 Å². The summed E-state index contributed by atoms with van der Waals surface area (Å²) in [6.07, 6.45) is 4.90. The van der Waals surface area contributed by atoms with Gasteiger partial charge in [0.25, 0.3) is 0 Å². The minimum Gasteiger partial charge on any atom is -0.341 e. The second-order valence-corrected chi connectivity index (χ2v) is 5.79. The lowest BCUT2D eigenvalue weighted by Gasteiger charge is -2.20. The monoisotopic (exact) mass is 288 g/mol. The van der Waals surface area contributed by atoms with Crippen LogP contribution in [0.5, 0.6) is 0 Å². The summed E-state index contributed by atoms with van der Waals surface area (Å²) < 4.78 is 2.71. The molecule has 21 heavy (non-hydrogen) atoms. The normalized spacial score (nSPS) is 19.7. The van der Waals surface area contributed by atoms with Gasteiger partial charge in [0.15, 0.2) is 5.65 Å². The highest BCUT2D eigenvalue weighted by Crippen LogP contribution is 2.16. The van der Waals surface area contributed by atoms with Gasteiger partial charge in [0, 0.05) is 19.3 Å². The largest absolute Gasteiger partial charge is 0.350 e. The number of fused-ring (bicyclic) bond motifs is 1. The van der Waals surface area contributed by atoms with Gasteiger partial charge in [-0.2, -0.15) is 0 Å². The van der Waals surface area contributed by atoms with E-state index in [9.17, 15) is 9.59 Å². The van der Waals surface area contributed by atoms with Crippen molar-refractivity contribution in [2.45, 2.75) is 32.7 Å². The molecule has 0 aromatic carbocycles. The molecule has 1 atom stereocenters. The Hall–Kier alpha value is -2.11. The van der Waals surface area contributed by atoms with Gasteiger partial charge in [0.2, 0.25) is 5.91 Å². The molecule has 1 aliphatic heterocycles. The number of pyridine rings is 1. The van der Waals surface area contributed by atoms with Gasteiger partial charge in [-0.15, -0.1) is 5.10 Å². The number of carbonyl (C=O) groups excluding carboxylic acids is 1. The van der Waals surface area contributed by atoms with Crippen LogP contribution in [-0.4, -0.2) is 38.1 Å². The van der Waals surface area contributed by atoms with Crippen LogP contribution in [0.4, 0.5) is 0 Å². The molecule has 3 rings (SSSR count). The van der Waals surface area contributed by atoms with Crippen molar-refractivity contribution in [1.82, 2.24) is 19.1 Å². The van der Waals surface area contributed by atoms with E-state index in [1.165, 1.54) is 9.08 Å². The topological polar surface area (TPSA) is 59.6 Å². The highest BCUT2D eigenvalue weighted by molar-refractivity contribution is 5.75. The minimum absolute atomic E-state index is 0.0189. The molecule has 0 saturated carbocycles. The molecule has 2 aromatic heterocycles. The first-order valence-electron chi connectivity index (χ1n) is 7.47. The van der Waals surface area contributed by atoms with E-state index in [0.29, 0.717) is 11.6 Å². The highest BCUT2D eigenvalue weighted by Gasteiger charge is 2.20. The van der Waals surface area contributed by atoms with E-state index in [1.807, 2.05) is 11.0 Å². The molecule has 1 saturated heterocycles. The zero-order valence-electron chi connectivity index (χ0n) is 12.2. The Kier molecular flexibility index (Phi) is 3.77. The lowest BCUT2D eigenvalue weighted by molar-refractivity contribution is -0.132. The minimum atomic E-state index is -0.262. The molecule has 1 fully saturated rings. The first kappa shape index (κ1) is 13.9. The van der Waals surface area contributed by atoms with E-state index in [4.69, 9.17) is 0 Å². The van der Waals surface area contributed by atoms with Crippen LogP contribution in [0.15, 0.2) is 29.2 Å². The number of hydrogen-bond acceptors (Lipinski definition) is 3. The first-order chi connectivity index (χ1) is 10.1. The van der Waals surface area contributed by atoms with Crippen molar-refractivity contribution in [3.8, 4) is 0 Å². The third-order valence-electron chi connectivity index (χ3n) is 4.14. The van der Waals surface area contributed by atoms with Crippen LogP contribution in [0.25, 0.3) is 5.65 Å². The van der Waals surface area contributed by atoms with Gasteiger partial charge in [0.1, 0.15) is 6.54 Å². The van der Waals surface area contributed by atoms with E-state index < -0.39 is 0 Å². The van der Waals surface area contributed by atoms with Gasteiger partial charge in [-0.3, -0.25) is 9.20 Å². The van der Waals surface area contributed by atoms with E-state index in [-0.39, 0.29) is 18.1 Å². The summed E-state index contributed by atoms with van der Waals surface area (Å²) in [6, 6.07) is 5.36.